The third kappa shape index (κ3) is 0.756. The van der Waals surface area contributed by atoms with Crippen LogP contribution in [0.1, 0.15) is 5.69 Å². The van der Waals surface area contributed by atoms with Gasteiger partial charge < -0.3 is 5.11 Å². The lowest BCUT2D eigenvalue weighted by Crippen LogP contribution is -1.90. The van der Waals surface area contributed by atoms with Crippen molar-refractivity contribution < 1.29 is 5.11 Å². The minimum atomic E-state index is 0.0451. The van der Waals surface area contributed by atoms with Gasteiger partial charge in [-0.3, -0.25) is 0 Å². The van der Waals surface area contributed by atoms with Crippen molar-refractivity contribution in [3.63, 3.8) is 0 Å². The first-order chi connectivity index (χ1) is 5.29. The molecule has 0 fully saturated rings. The lowest BCUT2D eigenvalue weighted by Gasteiger charge is -1.90. The fourth-order valence-electron chi connectivity index (χ4n) is 0.991. The molecule has 2 aromatic heterocycles. The average molecular weight is 149 g/mol. The standard InChI is InChI=1S/C7H7N3O/c1-5-7(11)9-6-3-2-4-8-10(5)6/h2-4,11H,1H3. The summed E-state index contributed by atoms with van der Waals surface area (Å²) in [7, 11) is 0. The van der Waals surface area contributed by atoms with Crippen molar-refractivity contribution in [2.24, 2.45) is 0 Å². The predicted octanol–water partition coefficient (Wildman–Crippen LogP) is 0.743. The Morgan fingerprint density at radius 1 is 1.55 bits per heavy atom. The van der Waals surface area contributed by atoms with Crippen LogP contribution in [0.2, 0.25) is 0 Å². The molecule has 4 nitrogen and oxygen atoms in total. The average Bonchev–Trinajstić information content (AvgIpc) is 2.30. The number of fused-ring (bicyclic) bond motifs is 1. The topological polar surface area (TPSA) is 50.4 Å². The first-order valence-corrected chi connectivity index (χ1v) is 3.28. The quantitative estimate of drug-likeness (QED) is 0.601. The fourth-order valence-corrected chi connectivity index (χ4v) is 0.991. The summed E-state index contributed by atoms with van der Waals surface area (Å²) in [6.45, 7) is 1.77. The molecule has 0 unspecified atom stereocenters. The van der Waals surface area contributed by atoms with Gasteiger partial charge in [-0.2, -0.15) is 10.1 Å². The van der Waals surface area contributed by atoms with Crippen molar-refractivity contribution in [1.82, 2.24) is 14.6 Å². The molecule has 0 bridgehead atoms. The van der Waals surface area contributed by atoms with Gasteiger partial charge in [0.2, 0.25) is 5.88 Å². The largest absolute Gasteiger partial charge is 0.492 e. The Kier molecular flexibility index (Phi) is 1.09. The first kappa shape index (κ1) is 6.15. The smallest absolute Gasteiger partial charge is 0.235 e. The van der Waals surface area contributed by atoms with Crippen molar-refractivity contribution in [3.05, 3.63) is 24.0 Å². The second-order valence-corrected chi connectivity index (χ2v) is 2.31. The van der Waals surface area contributed by atoms with E-state index in [-0.39, 0.29) is 5.88 Å². The van der Waals surface area contributed by atoms with E-state index in [1.54, 1.807) is 29.8 Å². The summed E-state index contributed by atoms with van der Waals surface area (Å²) < 4.78 is 1.59. The molecule has 0 radical (unpaired) electrons. The van der Waals surface area contributed by atoms with Gasteiger partial charge in [0.05, 0.1) is 0 Å². The maximum Gasteiger partial charge on any atom is 0.235 e. The van der Waals surface area contributed by atoms with E-state index in [1.807, 2.05) is 0 Å². The molecule has 0 spiro atoms. The molecule has 0 atom stereocenters. The van der Waals surface area contributed by atoms with Crippen LogP contribution in [-0.4, -0.2) is 19.7 Å². The molecular weight excluding hydrogens is 142 g/mol. The van der Waals surface area contributed by atoms with Crippen molar-refractivity contribution in [3.8, 4) is 5.88 Å². The maximum atomic E-state index is 9.17. The monoisotopic (exact) mass is 149 g/mol. The number of hydrogen-bond acceptors (Lipinski definition) is 3. The maximum absolute atomic E-state index is 9.17. The summed E-state index contributed by atoms with van der Waals surface area (Å²) in [5.74, 6) is 0.0451. The summed E-state index contributed by atoms with van der Waals surface area (Å²) in [6, 6.07) is 3.57. The minimum Gasteiger partial charge on any atom is -0.492 e. The van der Waals surface area contributed by atoms with Crippen molar-refractivity contribution >= 4 is 5.65 Å². The molecule has 1 N–H and O–H groups in total. The second kappa shape index (κ2) is 1.95. The van der Waals surface area contributed by atoms with Crippen molar-refractivity contribution in [2.75, 3.05) is 0 Å². The first-order valence-electron chi connectivity index (χ1n) is 3.28. The summed E-state index contributed by atoms with van der Waals surface area (Å²) in [6.07, 6.45) is 1.65. The van der Waals surface area contributed by atoms with Gasteiger partial charge in [-0.05, 0) is 19.1 Å². The number of aromatic hydroxyl groups is 1. The Hall–Kier alpha value is -1.58. The van der Waals surface area contributed by atoms with Crippen LogP contribution in [0.4, 0.5) is 0 Å². The number of aromatic nitrogens is 3. The van der Waals surface area contributed by atoms with Gasteiger partial charge in [0.25, 0.3) is 0 Å². The van der Waals surface area contributed by atoms with E-state index in [2.05, 4.69) is 10.1 Å². The van der Waals surface area contributed by atoms with Crippen LogP contribution < -0.4 is 0 Å². The molecule has 11 heavy (non-hydrogen) atoms. The van der Waals surface area contributed by atoms with Gasteiger partial charge in [0, 0.05) is 6.20 Å². The van der Waals surface area contributed by atoms with Gasteiger partial charge in [0.15, 0.2) is 5.65 Å². The molecule has 0 saturated carbocycles. The number of imidazole rings is 1. The van der Waals surface area contributed by atoms with Crippen molar-refractivity contribution in [2.45, 2.75) is 6.92 Å². The van der Waals surface area contributed by atoms with Crippen LogP contribution in [0.3, 0.4) is 0 Å². The Balaban J connectivity index is 2.92. The Morgan fingerprint density at radius 2 is 2.36 bits per heavy atom. The molecule has 0 aromatic carbocycles. The lowest BCUT2D eigenvalue weighted by molar-refractivity contribution is 0.452. The Bertz CT molecular complexity index is 393. The molecule has 2 heterocycles. The third-order valence-corrected chi connectivity index (χ3v) is 1.59. The molecule has 0 saturated heterocycles. The number of hydrogen-bond donors (Lipinski definition) is 1. The van der Waals surface area contributed by atoms with Crippen LogP contribution in [0.25, 0.3) is 5.65 Å². The zero-order valence-electron chi connectivity index (χ0n) is 6.02. The molecular formula is C7H7N3O. The van der Waals surface area contributed by atoms with Crippen LogP contribution in [0.5, 0.6) is 5.88 Å². The van der Waals surface area contributed by atoms with Crippen LogP contribution >= 0.6 is 0 Å². The molecule has 2 aromatic rings. The molecule has 56 valence electrons. The van der Waals surface area contributed by atoms with Crippen LogP contribution in [0, 0.1) is 6.92 Å². The molecule has 0 amide bonds. The van der Waals surface area contributed by atoms with E-state index in [1.165, 1.54) is 0 Å². The van der Waals surface area contributed by atoms with Gasteiger partial charge in [-0.1, -0.05) is 0 Å². The highest BCUT2D eigenvalue weighted by atomic mass is 16.3. The second-order valence-electron chi connectivity index (χ2n) is 2.31. The number of rotatable bonds is 0. The fraction of sp³-hybridized carbons (Fsp3) is 0.143. The van der Waals surface area contributed by atoms with Gasteiger partial charge in [-0.15, -0.1) is 0 Å². The molecule has 2 rings (SSSR count). The summed E-state index contributed by atoms with van der Waals surface area (Å²) in [5.41, 5.74) is 1.34. The van der Waals surface area contributed by atoms with Crippen LogP contribution in [0.15, 0.2) is 18.3 Å². The Morgan fingerprint density at radius 3 is 3.09 bits per heavy atom. The van der Waals surface area contributed by atoms with E-state index in [4.69, 9.17) is 0 Å². The minimum absolute atomic E-state index is 0.0451. The normalized spacial score (nSPS) is 10.6. The summed E-state index contributed by atoms with van der Waals surface area (Å²) in [4.78, 5) is 3.87. The Labute approximate surface area is 63.1 Å². The molecule has 4 heteroatoms. The predicted molar refractivity (Wildman–Crippen MR) is 39.4 cm³/mol. The van der Waals surface area contributed by atoms with Gasteiger partial charge in [-0.25, -0.2) is 4.52 Å². The zero-order valence-corrected chi connectivity index (χ0v) is 6.02. The third-order valence-electron chi connectivity index (χ3n) is 1.59. The SMILES string of the molecule is Cc1c(O)nc2cccnn12. The van der Waals surface area contributed by atoms with E-state index in [0.29, 0.717) is 11.3 Å². The highest BCUT2D eigenvalue weighted by Gasteiger charge is 2.04. The lowest BCUT2D eigenvalue weighted by atomic mass is 10.5. The zero-order chi connectivity index (χ0) is 7.84. The van der Waals surface area contributed by atoms with E-state index >= 15 is 0 Å². The number of aryl methyl sites for hydroxylation is 1. The highest BCUT2D eigenvalue weighted by Crippen LogP contribution is 2.14. The van der Waals surface area contributed by atoms with E-state index < -0.39 is 0 Å². The van der Waals surface area contributed by atoms with Gasteiger partial charge >= 0.3 is 0 Å². The van der Waals surface area contributed by atoms with Gasteiger partial charge in [0.1, 0.15) is 5.69 Å². The van der Waals surface area contributed by atoms with Crippen LogP contribution in [-0.2, 0) is 0 Å². The van der Waals surface area contributed by atoms with E-state index in [0.717, 1.165) is 0 Å². The summed E-state index contributed by atoms with van der Waals surface area (Å²) >= 11 is 0. The van der Waals surface area contributed by atoms with E-state index in [9.17, 15) is 5.11 Å². The summed E-state index contributed by atoms with van der Waals surface area (Å²) in [5, 5.41) is 13.2. The molecule has 0 aliphatic heterocycles. The number of nitrogens with zero attached hydrogens (tertiary/aromatic N) is 3. The highest BCUT2D eigenvalue weighted by molar-refractivity contribution is 5.42. The molecule has 0 aliphatic rings. The van der Waals surface area contributed by atoms with Crippen molar-refractivity contribution in [1.29, 1.82) is 0 Å². The molecule has 0 aliphatic carbocycles.